The first kappa shape index (κ1) is 18.9. The van der Waals surface area contributed by atoms with Crippen molar-refractivity contribution in [3.63, 3.8) is 0 Å². The molecule has 0 saturated carbocycles. The molecule has 29 heavy (non-hydrogen) atoms. The van der Waals surface area contributed by atoms with Crippen LogP contribution in [0.2, 0.25) is 0 Å². The minimum atomic E-state index is -0.367. The van der Waals surface area contributed by atoms with Crippen LogP contribution in [0.4, 0.5) is 16.3 Å². The summed E-state index contributed by atoms with van der Waals surface area (Å²) in [5.74, 6) is 0.234. The number of thiophene rings is 1. The molecular formula is C20H19N5O3S. The van der Waals surface area contributed by atoms with Crippen molar-refractivity contribution in [3.8, 4) is 0 Å². The Kier molecular flexibility index (Phi) is 4.89. The molecule has 0 spiro atoms. The van der Waals surface area contributed by atoms with Crippen LogP contribution < -0.4 is 10.6 Å². The summed E-state index contributed by atoms with van der Waals surface area (Å²) < 4.78 is 6.71. The fourth-order valence-corrected chi connectivity index (χ4v) is 4.10. The maximum Gasteiger partial charge on any atom is 0.348 e. The molecule has 1 amide bonds. The van der Waals surface area contributed by atoms with E-state index in [9.17, 15) is 9.59 Å². The molecule has 8 nitrogen and oxygen atoms in total. The van der Waals surface area contributed by atoms with Gasteiger partial charge in [0.25, 0.3) is 0 Å². The maximum absolute atomic E-state index is 12.1. The first-order valence-corrected chi connectivity index (χ1v) is 9.86. The summed E-state index contributed by atoms with van der Waals surface area (Å²) in [7, 11) is 1.61. The summed E-state index contributed by atoms with van der Waals surface area (Å²) in [5.41, 5.74) is 2.48. The lowest BCUT2D eigenvalue weighted by molar-refractivity contribution is 0.0532. The van der Waals surface area contributed by atoms with Gasteiger partial charge in [0.2, 0.25) is 0 Å². The van der Waals surface area contributed by atoms with E-state index >= 15 is 0 Å². The Morgan fingerprint density at radius 1 is 1.21 bits per heavy atom. The van der Waals surface area contributed by atoms with Crippen molar-refractivity contribution >= 4 is 56.0 Å². The molecule has 0 unspecified atom stereocenters. The predicted molar refractivity (Wildman–Crippen MR) is 113 cm³/mol. The quantitative estimate of drug-likeness (QED) is 0.493. The second-order valence-electron chi connectivity index (χ2n) is 6.35. The van der Waals surface area contributed by atoms with Gasteiger partial charge in [-0.3, -0.25) is 4.57 Å². The van der Waals surface area contributed by atoms with Gasteiger partial charge in [0.15, 0.2) is 0 Å². The Morgan fingerprint density at radius 2 is 2.03 bits per heavy atom. The van der Waals surface area contributed by atoms with Gasteiger partial charge in [-0.15, -0.1) is 11.3 Å². The first-order valence-electron chi connectivity index (χ1n) is 9.04. The molecule has 0 saturated heterocycles. The highest BCUT2D eigenvalue weighted by Gasteiger charge is 2.16. The smallest absolute Gasteiger partial charge is 0.348 e. The molecular weight excluding hydrogens is 390 g/mol. The number of fused-ring (bicyclic) bond motifs is 2. The second-order valence-corrected chi connectivity index (χ2v) is 7.38. The topological polar surface area (TPSA) is 98.1 Å². The first-order chi connectivity index (χ1) is 14.0. The van der Waals surface area contributed by atoms with Crippen LogP contribution in [0.15, 0.2) is 36.7 Å². The Morgan fingerprint density at radius 3 is 2.79 bits per heavy atom. The van der Waals surface area contributed by atoms with Gasteiger partial charge in [-0.25, -0.2) is 19.6 Å². The van der Waals surface area contributed by atoms with Crippen LogP contribution in [0.3, 0.4) is 0 Å². The number of rotatable bonds is 4. The Balaban J connectivity index is 1.70. The van der Waals surface area contributed by atoms with Crippen LogP contribution in [0.5, 0.6) is 0 Å². The Hall–Kier alpha value is -3.46. The van der Waals surface area contributed by atoms with Gasteiger partial charge in [0, 0.05) is 23.8 Å². The highest BCUT2D eigenvalue weighted by Crippen LogP contribution is 2.31. The van der Waals surface area contributed by atoms with Crippen molar-refractivity contribution in [2.75, 3.05) is 19.0 Å². The molecule has 0 aliphatic heterocycles. The lowest BCUT2D eigenvalue weighted by atomic mass is 10.2. The van der Waals surface area contributed by atoms with Gasteiger partial charge in [0.05, 0.1) is 17.5 Å². The molecule has 0 atom stereocenters. The number of anilines is 2. The zero-order valence-electron chi connectivity index (χ0n) is 16.1. The van der Waals surface area contributed by atoms with E-state index in [1.165, 1.54) is 17.7 Å². The highest BCUT2D eigenvalue weighted by atomic mass is 32.1. The number of carbonyl (C=O) groups excluding carboxylic acids is 2. The fraction of sp³-hybridized carbons (Fsp3) is 0.200. The third kappa shape index (κ3) is 3.40. The third-order valence-corrected chi connectivity index (χ3v) is 5.49. The molecule has 3 aromatic heterocycles. The van der Waals surface area contributed by atoms with Crippen LogP contribution >= 0.6 is 11.3 Å². The number of ether oxygens (including phenoxy) is 1. The Labute approximate surface area is 170 Å². The van der Waals surface area contributed by atoms with Crippen LogP contribution in [-0.2, 0) is 4.74 Å². The number of esters is 1. The molecule has 0 fully saturated rings. The number of hydrogen-bond donors (Lipinski definition) is 2. The standard InChI is InChI=1S/C20H19N5O3S/c1-4-28-19(26)16-9-14-17(22-10-23-18(14)29-16)24-13-5-6-15-12(8-13)7-11(2)25(15)20(27)21-3/h5-10H,4H2,1-3H3,(H,21,27)(H,22,23,24). The molecule has 0 bridgehead atoms. The van der Waals surface area contributed by atoms with Gasteiger partial charge in [-0.05, 0) is 44.2 Å². The zero-order chi connectivity index (χ0) is 20.5. The average molecular weight is 409 g/mol. The Bertz CT molecular complexity index is 1240. The second kappa shape index (κ2) is 7.51. The highest BCUT2D eigenvalue weighted by molar-refractivity contribution is 7.20. The summed E-state index contributed by atoms with van der Waals surface area (Å²) in [6.07, 6.45) is 1.46. The molecule has 0 aliphatic carbocycles. The van der Waals surface area contributed by atoms with Crippen molar-refractivity contribution in [3.05, 3.63) is 47.2 Å². The van der Waals surface area contributed by atoms with E-state index in [1.807, 2.05) is 31.2 Å². The number of aromatic nitrogens is 3. The van der Waals surface area contributed by atoms with Gasteiger partial charge in [-0.1, -0.05) is 0 Å². The van der Waals surface area contributed by atoms with Crippen LogP contribution in [-0.4, -0.2) is 40.2 Å². The van der Waals surface area contributed by atoms with E-state index < -0.39 is 0 Å². The van der Waals surface area contributed by atoms with E-state index in [0.29, 0.717) is 22.1 Å². The van der Waals surface area contributed by atoms with E-state index in [4.69, 9.17) is 4.74 Å². The van der Waals surface area contributed by atoms with E-state index in [1.54, 1.807) is 24.6 Å². The average Bonchev–Trinajstić information content (AvgIpc) is 3.28. The zero-order valence-corrected chi connectivity index (χ0v) is 17.0. The van der Waals surface area contributed by atoms with Crippen LogP contribution in [0.1, 0.15) is 22.3 Å². The van der Waals surface area contributed by atoms with Crippen LogP contribution in [0.25, 0.3) is 21.1 Å². The minimum absolute atomic E-state index is 0.180. The van der Waals surface area contributed by atoms with Gasteiger partial charge < -0.3 is 15.4 Å². The summed E-state index contributed by atoms with van der Waals surface area (Å²) >= 11 is 1.27. The van der Waals surface area contributed by atoms with Crippen molar-refractivity contribution in [2.45, 2.75) is 13.8 Å². The molecule has 2 N–H and O–H groups in total. The lowest BCUT2D eigenvalue weighted by Crippen LogP contribution is -2.25. The fourth-order valence-electron chi connectivity index (χ4n) is 3.21. The number of nitrogens with zero attached hydrogens (tertiary/aromatic N) is 3. The third-order valence-electron chi connectivity index (χ3n) is 4.47. The minimum Gasteiger partial charge on any atom is -0.462 e. The normalized spacial score (nSPS) is 11.0. The van der Waals surface area contributed by atoms with E-state index in [-0.39, 0.29) is 12.0 Å². The van der Waals surface area contributed by atoms with E-state index in [0.717, 1.165) is 27.7 Å². The van der Waals surface area contributed by atoms with Crippen LogP contribution in [0, 0.1) is 6.92 Å². The maximum atomic E-state index is 12.1. The summed E-state index contributed by atoms with van der Waals surface area (Å²) in [4.78, 5) is 33.9. The predicted octanol–water partition coefficient (Wildman–Crippen LogP) is 4.06. The monoisotopic (exact) mass is 409 g/mol. The SMILES string of the molecule is CCOC(=O)c1cc2c(Nc3ccc4c(c3)cc(C)n4C(=O)NC)ncnc2s1. The molecule has 148 valence electrons. The molecule has 3 heterocycles. The molecule has 1 aromatic carbocycles. The van der Waals surface area contributed by atoms with Gasteiger partial charge >= 0.3 is 12.0 Å². The molecule has 9 heteroatoms. The summed E-state index contributed by atoms with van der Waals surface area (Å²) in [5, 5.41) is 7.62. The summed E-state index contributed by atoms with van der Waals surface area (Å²) in [6, 6.07) is 9.23. The lowest BCUT2D eigenvalue weighted by Gasteiger charge is -2.08. The number of aryl methyl sites for hydroxylation is 1. The van der Waals surface area contributed by atoms with Gasteiger partial charge in [-0.2, -0.15) is 0 Å². The number of amides is 1. The summed E-state index contributed by atoms with van der Waals surface area (Å²) in [6.45, 7) is 3.98. The van der Waals surface area contributed by atoms with Crippen molar-refractivity contribution in [2.24, 2.45) is 0 Å². The number of nitrogens with one attached hydrogen (secondary N) is 2. The van der Waals surface area contributed by atoms with Gasteiger partial charge in [0.1, 0.15) is 21.9 Å². The largest absolute Gasteiger partial charge is 0.462 e. The van der Waals surface area contributed by atoms with Crippen molar-refractivity contribution in [1.82, 2.24) is 19.9 Å². The molecule has 0 aliphatic rings. The number of hydrogen-bond acceptors (Lipinski definition) is 7. The number of carbonyl (C=O) groups is 2. The molecule has 0 radical (unpaired) electrons. The van der Waals surface area contributed by atoms with Crippen molar-refractivity contribution < 1.29 is 14.3 Å². The molecule has 4 rings (SSSR count). The molecule has 4 aromatic rings. The van der Waals surface area contributed by atoms with E-state index in [2.05, 4.69) is 20.6 Å². The van der Waals surface area contributed by atoms with Crippen molar-refractivity contribution in [1.29, 1.82) is 0 Å². The number of benzene rings is 1.